The molecule has 0 unspecified atom stereocenters. The average molecular weight is 326 g/mol. The van der Waals surface area contributed by atoms with E-state index < -0.39 is 0 Å². The molecular weight excluding hydrogens is 287 g/mol. The zero-order valence-electron chi connectivity index (χ0n) is 17.0. The summed E-state index contributed by atoms with van der Waals surface area (Å²) >= 11 is 0. The van der Waals surface area contributed by atoms with Crippen LogP contribution >= 0.6 is 0 Å². The third-order valence-corrected chi connectivity index (χ3v) is 9.72. The van der Waals surface area contributed by atoms with Crippen LogP contribution in [0.3, 0.4) is 0 Å². The first kappa shape index (κ1) is 17.2. The standard InChI is InChI=1S/C23H39B/c1-8-13-24(20-14(2)9-11-16-18(20)22(16,4)5)21-15(3)10-12-17-19(21)23(17,6)7/h8,14-21H,1,9-13H2,2-7H3/t14-,15-,16+,17+,18-,19+,20+,21+/m0/s1. The van der Waals surface area contributed by atoms with Gasteiger partial charge in [-0.1, -0.05) is 78.4 Å². The lowest BCUT2D eigenvalue weighted by atomic mass is 9.25. The fraction of sp³-hybridized carbons (Fsp3) is 0.913. The molecule has 0 aromatic heterocycles. The SMILES string of the molecule is C=CCB([C@H]1[C@@H]2[C@@H](CC[C@@H]1C)C2(C)C)[C@H]1[C@H]2[C@@H](CC[C@@H]1C)C2(C)C. The maximum absolute atomic E-state index is 4.19. The van der Waals surface area contributed by atoms with E-state index in [1.165, 1.54) is 32.0 Å². The van der Waals surface area contributed by atoms with Crippen LogP contribution in [0.2, 0.25) is 18.0 Å². The van der Waals surface area contributed by atoms with E-state index in [9.17, 15) is 0 Å². The van der Waals surface area contributed by atoms with Gasteiger partial charge in [0.25, 0.3) is 0 Å². The molecule has 0 spiro atoms. The summed E-state index contributed by atoms with van der Waals surface area (Å²) in [6.07, 6.45) is 9.47. The quantitative estimate of drug-likeness (QED) is 0.393. The first-order chi connectivity index (χ1) is 11.2. The molecule has 4 rings (SSSR count). The third kappa shape index (κ3) is 2.25. The Morgan fingerprint density at radius 1 is 0.833 bits per heavy atom. The molecule has 24 heavy (non-hydrogen) atoms. The molecule has 0 amide bonds. The second-order valence-corrected chi connectivity index (χ2v) is 11.4. The van der Waals surface area contributed by atoms with Gasteiger partial charge in [0.15, 0.2) is 6.71 Å². The average Bonchev–Trinajstić information content (AvgIpc) is 3.28. The first-order valence-electron chi connectivity index (χ1n) is 10.8. The van der Waals surface area contributed by atoms with Crippen LogP contribution in [0.15, 0.2) is 12.7 Å². The minimum absolute atomic E-state index is 0.616. The Kier molecular flexibility index (Phi) is 3.88. The van der Waals surface area contributed by atoms with Gasteiger partial charge in [-0.2, -0.15) is 0 Å². The summed E-state index contributed by atoms with van der Waals surface area (Å²) in [5.41, 5.74) is 1.23. The Morgan fingerprint density at radius 3 is 1.62 bits per heavy atom. The largest absolute Gasteiger partial charge is 0.151 e. The molecule has 0 nitrogen and oxygen atoms in total. The van der Waals surface area contributed by atoms with Gasteiger partial charge in [-0.15, -0.1) is 6.58 Å². The Hall–Kier alpha value is -0.195. The van der Waals surface area contributed by atoms with E-state index >= 15 is 0 Å². The lowest BCUT2D eigenvalue weighted by Gasteiger charge is -2.42. The van der Waals surface area contributed by atoms with Gasteiger partial charge in [-0.3, -0.25) is 0 Å². The van der Waals surface area contributed by atoms with E-state index in [0.717, 1.165) is 53.9 Å². The lowest BCUT2D eigenvalue weighted by molar-refractivity contribution is 0.326. The number of allylic oxidation sites excluding steroid dienone is 1. The van der Waals surface area contributed by atoms with Crippen molar-refractivity contribution in [3.8, 4) is 0 Å². The summed E-state index contributed by atoms with van der Waals surface area (Å²) < 4.78 is 0. The van der Waals surface area contributed by atoms with Crippen LogP contribution in [-0.4, -0.2) is 6.71 Å². The van der Waals surface area contributed by atoms with Crippen molar-refractivity contribution in [1.29, 1.82) is 0 Å². The smallest absolute Gasteiger partial charge is 0.104 e. The van der Waals surface area contributed by atoms with Crippen molar-refractivity contribution in [2.75, 3.05) is 0 Å². The van der Waals surface area contributed by atoms with Gasteiger partial charge in [0.2, 0.25) is 0 Å². The van der Waals surface area contributed by atoms with Crippen LogP contribution in [-0.2, 0) is 0 Å². The summed E-state index contributed by atoms with van der Waals surface area (Å²) in [5, 5.41) is 0. The second kappa shape index (κ2) is 5.40. The van der Waals surface area contributed by atoms with E-state index in [2.05, 4.69) is 54.2 Å². The Balaban J connectivity index is 1.65. The van der Waals surface area contributed by atoms with Gasteiger partial charge < -0.3 is 0 Å². The third-order valence-electron chi connectivity index (χ3n) is 9.72. The normalized spacial score (nSPS) is 50.4. The molecule has 4 saturated carbocycles. The molecule has 0 N–H and O–H groups in total. The molecule has 4 aliphatic carbocycles. The molecule has 0 aliphatic heterocycles. The number of hydrogen-bond donors (Lipinski definition) is 0. The maximum atomic E-state index is 4.19. The van der Waals surface area contributed by atoms with Crippen LogP contribution in [0.5, 0.6) is 0 Å². The summed E-state index contributed by atoms with van der Waals surface area (Å²) in [7, 11) is 0. The fourth-order valence-corrected chi connectivity index (χ4v) is 8.32. The van der Waals surface area contributed by atoms with E-state index in [1.807, 2.05) is 0 Å². The van der Waals surface area contributed by atoms with Gasteiger partial charge in [-0.25, -0.2) is 0 Å². The van der Waals surface area contributed by atoms with Gasteiger partial charge >= 0.3 is 0 Å². The van der Waals surface area contributed by atoms with Crippen molar-refractivity contribution in [3.05, 3.63) is 12.7 Å². The highest BCUT2D eigenvalue weighted by Gasteiger charge is 2.69. The molecular formula is C23H39B. The summed E-state index contributed by atoms with van der Waals surface area (Å²) in [5.74, 6) is 7.81. The van der Waals surface area contributed by atoms with E-state index in [-0.39, 0.29) is 0 Å². The molecule has 0 aromatic rings. The molecule has 134 valence electrons. The van der Waals surface area contributed by atoms with Crippen LogP contribution in [0.25, 0.3) is 0 Å². The number of fused-ring (bicyclic) bond motifs is 2. The number of hydrogen-bond acceptors (Lipinski definition) is 0. The van der Waals surface area contributed by atoms with Gasteiger partial charge in [0.05, 0.1) is 0 Å². The van der Waals surface area contributed by atoms with Gasteiger partial charge in [0, 0.05) is 0 Å². The van der Waals surface area contributed by atoms with Gasteiger partial charge in [0.1, 0.15) is 0 Å². The highest BCUT2D eigenvalue weighted by atomic mass is 14.7. The molecule has 4 fully saturated rings. The van der Waals surface area contributed by atoms with Crippen LogP contribution in [0.1, 0.15) is 67.2 Å². The van der Waals surface area contributed by atoms with Crippen molar-refractivity contribution in [2.45, 2.75) is 85.2 Å². The summed E-state index contributed by atoms with van der Waals surface area (Å²) in [6.45, 7) is 20.5. The molecule has 8 atom stereocenters. The second-order valence-electron chi connectivity index (χ2n) is 11.4. The molecule has 0 aromatic carbocycles. The molecule has 4 aliphatic rings. The molecule has 0 saturated heterocycles. The summed E-state index contributed by atoms with van der Waals surface area (Å²) in [4.78, 5) is 0. The predicted molar refractivity (Wildman–Crippen MR) is 107 cm³/mol. The topological polar surface area (TPSA) is 0 Å². The lowest BCUT2D eigenvalue weighted by Crippen LogP contribution is -2.39. The van der Waals surface area contributed by atoms with Crippen molar-refractivity contribution in [1.82, 2.24) is 0 Å². The van der Waals surface area contributed by atoms with E-state index in [4.69, 9.17) is 0 Å². The molecule has 0 radical (unpaired) electrons. The van der Waals surface area contributed by atoms with Crippen molar-refractivity contribution in [2.24, 2.45) is 46.3 Å². The van der Waals surface area contributed by atoms with E-state index in [0.29, 0.717) is 10.8 Å². The first-order valence-corrected chi connectivity index (χ1v) is 10.8. The molecule has 0 heterocycles. The van der Waals surface area contributed by atoms with Gasteiger partial charge in [-0.05, 0) is 59.2 Å². The maximum Gasteiger partial charge on any atom is 0.151 e. The molecule has 1 heteroatoms. The monoisotopic (exact) mass is 326 g/mol. The van der Waals surface area contributed by atoms with Crippen molar-refractivity contribution < 1.29 is 0 Å². The minimum atomic E-state index is 0.616. The fourth-order valence-electron chi connectivity index (χ4n) is 8.32. The highest BCUT2D eigenvalue weighted by Crippen LogP contribution is 2.75. The zero-order valence-corrected chi connectivity index (χ0v) is 17.0. The number of rotatable bonds is 4. The Labute approximate surface area is 151 Å². The zero-order chi connectivity index (χ0) is 17.4. The van der Waals surface area contributed by atoms with Crippen LogP contribution in [0.4, 0.5) is 0 Å². The van der Waals surface area contributed by atoms with Crippen LogP contribution < -0.4 is 0 Å². The minimum Gasteiger partial charge on any atom is -0.104 e. The van der Waals surface area contributed by atoms with E-state index in [1.54, 1.807) is 0 Å². The predicted octanol–water partition coefficient (Wildman–Crippen LogP) is 6.81. The highest BCUT2D eigenvalue weighted by molar-refractivity contribution is 6.63. The van der Waals surface area contributed by atoms with Crippen LogP contribution in [0, 0.1) is 46.3 Å². The Morgan fingerprint density at radius 2 is 1.25 bits per heavy atom. The Bertz CT molecular complexity index is 476. The van der Waals surface area contributed by atoms with Crippen molar-refractivity contribution in [3.63, 3.8) is 0 Å². The van der Waals surface area contributed by atoms with Crippen molar-refractivity contribution >= 4 is 6.71 Å². The molecule has 0 bridgehead atoms. The summed E-state index contributed by atoms with van der Waals surface area (Å²) in [6, 6.07) is 0.